The van der Waals surface area contributed by atoms with E-state index in [2.05, 4.69) is 17.1 Å². The van der Waals surface area contributed by atoms with E-state index in [1.807, 2.05) is 6.92 Å². The second-order valence-corrected chi connectivity index (χ2v) is 7.80. The van der Waals surface area contributed by atoms with Gasteiger partial charge in [-0.3, -0.25) is 9.69 Å². The summed E-state index contributed by atoms with van der Waals surface area (Å²) < 4.78 is 11.6. The lowest BCUT2D eigenvalue weighted by molar-refractivity contribution is -0.0304. The van der Waals surface area contributed by atoms with E-state index < -0.39 is 0 Å². The zero-order chi connectivity index (χ0) is 19.7. The third kappa shape index (κ3) is 3.87. The fourth-order valence-corrected chi connectivity index (χ4v) is 4.42. The number of piperidine rings is 1. The molecular weight excluding hydrogens is 368 g/mol. The SMILES string of the molecule is CO[C@@H]1C(NC(=O)c2cc(Cl)c(N)c3c2OC(C)C3)CCN(CCN)[C@@H]1C. The Bertz CT molecular complexity index is 715. The van der Waals surface area contributed by atoms with Gasteiger partial charge in [-0.1, -0.05) is 11.6 Å². The van der Waals surface area contributed by atoms with Gasteiger partial charge in [0.05, 0.1) is 28.4 Å². The molecule has 0 aliphatic carbocycles. The van der Waals surface area contributed by atoms with Gasteiger partial charge in [-0.15, -0.1) is 0 Å². The minimum Gasteiger partial charge on any atom is -0.489 e. The number of ether oxygens (including phenoxy) is 2. The second kappa shape index (κ2) is 8.22. The summed E-state index contributed by atoms with van der Waals surface area (Å²) in [7, 11) is 1.68. The molecule has 5 N–H and O–H groups in total. The molecule has 2 aliphatic heterocycles. The number of carbonyl (C=O) groups is 1. The lowest BCUT2D eigenvalue weighted by Gasteiger charge is -2.43. The number of likely N-dealkylation sites (tertiary alicyclic amines) is 1. The number of fused-ring (bicyclic) bond motifs is 1. The highest BCUT2D eigenvalue weighted by Crippen LogP contribution is 2.40. The van der Waals surface area contributed by atoms with Crippen molar-refractivity contribution in [2.75, 3.05) is 32.5 Å². The van der Waals surface area contributed by atoms with Gasteiger partial charge < -0.3 is 26.3 Å². The summed E-state index contributed by atoms with van der Waals surface area (Å²) in [6.45, 7) is 6.32. The summed E-state index contributed by atoms with van der Waals surface area (Å²) in [6, 6.07) is 1.66. The third-order valence-corrected chi connectivity index (χ3v) is 5.92. The lowest BCUT2D eigenvalue weighted by Crippen LogP contribution is -2.60. The number of nitrogens with one attached hydrogen (secondary N) is 1. The Hall–Kier alpha value is -1.54. The van der Waals surface area contributed by atoms with E-state index >= 15 is 0 Å². The summed E-state index contributed by atoms with van der Waals surface area (Å²) >= 11 is 6.26. The fraction of sp³-hybridized carbons (Fsp3) is 0.632. The molecule has 8 heteroatoms. The van der Waals surface area contributed by atoms with Gasteiger partial charge in [0.1, 0.15) is 11.9 Å². The maximum atomic E-state index is 13.0. The van der Waals surface area contributed by atoms with Crippen LogP contribution in [0.4, 0.5) is 5.69 Å². The van der Waals surface area contributed by atoms with E-state index in [0.717, 1.165) is 25.1 Å². The summed E-state index contributed by atoms with van der Waals surface area (Å²) in [4.78, 5) is 15.3. The number of hydrogen-bond donors (Lipinski definition) is 3. The van der Waals surface area contributed by atoms with Crippen LogP contribution in [-0.4, -0.2) is 61.8 Å². The van der Waals surface area contributed by atoms with Crippen molar-refractivity contribution in [3.05, 3.63) is 22.2 Å². The topological polar surface area (TPSA) is 103 Å². The Balaban J connectivity index is 1.80. The number of halogens is 1. The zero-order valence-corrected chi connectivity index (χ0v) is 16.9. The molecule has 2 aliphatic rings. The zero-order valence-electron chi connectivity index (χ0n) is 16.1. The molecule has 1 aromatic rings. The number of rotatable bonds is 5. The number of anilines is 1. The smallest absolute Gasteiger partial charge is 0.255 e. The molecule has 0 spiro atoms. The van der Waals surface area contributed by atoms with Crippen molar-refractivity contribution in [1.82, 2.24) is 10.2 Å². The van der Waals surface area contributed by atoms with E-state index in [9.17, 15) is 4.79 Å². The van der Waals surface area contributed by atoms with Gasteiger partial charge in [-0.25, -0.2) is 0 Å². The Morgan fingerprint density at radius 2 is 2.22 bits per heavy atom. The van der Waals surface area contributed by atoms with Crippen LogP contribution >= 0.6 is 11.6 Å². The van der Waals surface area contributed by atoms with Crippen molar-refractivity contribution in [2.45, 2.75) is 51.0 Å². The Morgan fingerprint density at radius 1 is 1.48 bits per heavy atom. The Kier molecular flexibility index (Phi) is 6.15. The molecule has 2 heterocycles. The van der Waals surface area contributed by atoms with Crippen LogP contribution in [0.25, 0.3) is 0 Å². The molecule has 1 amide bonds. The van der Waals surface area contributed by atoms with Gasteiger partial charge in [0.25, 0.3) is 5.91 Å². The minimum atomic E-state index is -0.214. The summed E-state index contributed by atoms with van der Waals surface area (Å²) in [5.41, 5.74) is 13.5. The second-order valence-electron chi connectivity index (χ2n) is 7.39. The Morgan fingerprint density at radius 3 is 2.89 bits per heavy atom. The first-order valence-electron chi connectivity index (χ1n) is 9.42. The van der Waals surface area contributed by atoms with Crippen LogP contribution in [0.15, 0.2) is 6.07 Å². The monoisotopic (exact) mass is 396 g/mol. The van der Waals surface area contributed by atoms with Gasteiger partial charge in [-0.2, -0.15) is 0 Å². The molecule has 3 rings (SSSR count). The molecule has 27 heavy (non-hydrogen) atoms. The highest BCUT2D eigenvalue weighted by atomic mass is 35.5. The highest BCUT2D eigenvalue weighted by Gasteiger charge is 2.37. The summed E-state index contributed by atoms with van der Waals surface area (Å²) in [6.07, 6.45) is 1.29. The van der Waals surface area contributed by atoms with Crippen molar-refractivity contribution >= 4 is 23.2 Å². The van der Waals surface area contributed by atoms with E-state index in [1.54, 1.807) is 13.2 Å². The van der Waals surface area contributed by atoms with Crippen LogP contribution in [0.2, 0.25) is 5.02 Å². The van der Waals surface area contributed by atoms with Crippen molar-refractivity contribution in [1.29, 1.82) is 0 Å². The van der Waals surface area contributed by atoms with Crippen LogP contribution in [0, 0.1) is 0 Å². The average Bonchev–Trinajstić information content (AvgIpc) is 3.02. The standard InChI is InChI=1S/C19H29ClN4O3/c1-10-8-12-16(22)14(20)9-13(18(12)27-10)19(25)23-15-4-6-24(7-5-21)11(2)17(15)26-3/h9-11,15,17H,4-8,21-22H2,1-3H3,(H,23,25)/t10?,11-,15?,17+/m1/s1. The number of hydrogen-bond acceptors (Lipinski definition) is 6. The number of methoxy groups -OCH3 is 1. The van der Waals surface area contributed by atoms with Crippen LogP contribution in [0.5, 0.6) is 5.75 Å². The number of amides is 1. The first-order valence-corrected chi connectivity index (χ1v) is 9.80. The predicted octanol–water partition coefficient (Wildman–Crippen LogP) is 1.41. The van der Waals surface area contributed by atoms with Crippen molar-refractivity contribution < 1.29 is 14.3 Å². The summed E-state index contributed by atoms with van der Waals surface area (Å²) in [5, 5.41) is 3.50. The van der Waals surface area contributed by atoms with Crippen molar-refractivity contribution in [3.8, 4) is 5.75 Å². The lowest BCUT2D eigenvalue weighted by atomic mass is 9.94. The first kappa shape index (κ1) is 20.2. The van der Waals surface area contributed by atoms with Crippen molar-refractivity contribution in [2.24, 2.45) is 5.73 Å². The first-order chi connectivity index (χ1) is 12.9. The molecule has 0 radical (unpaired) electrons. The molecule has 7 nitrogen and oxygen atoms in total. The number of nitrogens with two attached hydrogens (primary N) is 2. The van der Waals surface area contributed by atoms with Crippen LogP contribution < -0.4 is 21.5 Å². The largest absolute Gasteiger partial charge is 0.489 e. The van der Waals surface area contributed by atoms with Crippen LogP contribution in [0.3, 0.4) is 0 Å². The highest BCUT2D eigenvalue weighted by molar-refractivity contribution is 6.33. The van der Waals surface area contributed by atoms with Gasteiger partial charge >= 0.3 is 0 Å². The van der Waals surface area contributed by atoms with E-state index in [-0.39, 0.29) is 30.2 Å². The van der Waals surface area contributed by atoms with Gasteiger partial charge in [0.2, 0.25) is 0 Å². The molecular formula is C19H29ClN4O3. The molecule has 0 bridgehead atoms. The van der Waals surface area contributed by atoms with E-state index in [1.165, 1.54) is 0 Å². The number of nitrogen functional groups attached to an aromatic ring is 1. The maximum Gasteiger partial charge on any atom is 0.255 e. The number of benzene rings is 1. The minimum absolute atomic E-state index is 0.0291. The van der Waals surface area contributed by atoms with Crippen molar-refractivity contribution in [3.63, 3.8) is 0 Å². The molecule has 2 unspecified atom stereocenters. The number of nitrogens with zero attached hydrogens (tertiary/aromatic N) is 1. The Labute approximate surface area is 165 Å². The summed E-state index contributed by atoms with van der Waals surface area (Å²) in [5.74, 6) is 0.332. The van der Waals surface area contributed by atoms with E-state index in [0.29, 0.717) is 35.0 Å². The van der Waals surface area contributed by atoms with Crippen LogP contribution in [-0.2, 0) is 11.2 Å². The molecule has 1 saturated heterocycles. The third-order valence-electron chi connectivity index (χ3n) is 5.61. The quantitative estimate of drug-likeness (QED) is 0.650. The number of carbonyl (C=O) groups excluding carboxylic acids is 1. The normalized spacial score (nSPS) is 27.9. The molecule has 0 aromatic heterocycles. The van der Waals surface area contributed by atoms with Gasteiger partial charge in [-0.05, 0) is 26.3 Å². The molecule has 1 aromatic carbocycles. The fourth-order valence-electron chi connectivity index (χ4n) is 4.19. The van der Waals surface area contributed by atoms with Crippen LogP contribution in [0.1, 0.15) is 36.2 Å². The van der Waals surface area contributed by atoms with Gasteiger partial charge in [0, 0.05) is 44.8 Å². The average molecular weight is 397 g/mol. The molecule has 4 atom stereocenters. The van der Waals surface area contributed by atoms with Gasteiger partial charge in [0.15, 0.2) is 0 Å². The maximum absolute atomic E-state index is 13.0. The molecule has 0 saturated carbocycles. The molecule has 150 valence electrons. The predicted molar refractivity (Wildman–Crippen MR) is 106 cm³/mol. The molecule has 1 fully saturated rings. The van der Waals surface area contributed by atoms with E-state index in [4.69, 9.17) is 32.5 Å².